The maximum Gasteiger partial charge on any atom is 0.359 e. The van der Waals surface area contributed by atoms with Gasteiger partial charge in [-0.2, -0.15) is 0 Å². The van der Waals surface area contributed by atoms with Crippen molar-refractivity contribution in [2.75, 3.05) is 0 Å². The van der Waals surface area contributed by atoms with Crippen LogP contribution in [0.5, 0.6) is 5.75 Å². The van der Waals surface area contributed by atoms with E-state index >= 15 is 0 Å². The summed E-state index contributed by atoms with van der Waals surface area (Å²) in [6.45, 7) is 10.4. The third-order valence-corrected chi connectivity index (χ3v) is 5.49. The molecule has 0 unspecified atom stereocenters. The molecule has 0 N–H and O–H groups in total. The van der Waals surface area contributed by atoms with Crippen LogP contribution >= 0.6 is 11.8 Å². The fraction of sp³-hybridized carbons (Fsp3) is 0.310. The molecule has 0 atom stereocenters. The van der Waals surface area contributed by atoms with Crippen molar-refractivity contribution < 1.29 is 23.8 Å². The van der Waals surface area contributed by atoms with Gasteiger partial charge in [-0.1, -0.05) is 54.2 Å². The van der Waals surface area contributed by atoms with Crippen LogP contribution in [-0.4, -0.2) is 29.2 Å². The summed E-state index contributed by atoms with van der Waals surface area (Å²) in [5, 5.41) is 0. The van der Waals surface area contributed by atoms with Crippen LogP contribution in [0.1, 0.15) is 41.5 Å². The zero-order valence-corrected chi connectivity index (χ0v) is 21.8. The van der Waals surface area contributed by atoms with Gasteiger partial charge in [0, 0.05) is 9.79 Å². The second-order valence-corrected chi connectivity index (χ2v) is 11.2. The van der Waals surface area contributed by atoms with Crippen molar-refractivity contribution in [3.63, 3.8) is 0 Å². The third-order valence-electron chi connectivity index (χ3n) is 4.50. The lowest BCUT2D eigenvalue weighted by molar-refractivity contribution is -0.179. The van der Waals surface area contributed by atoms with Crippen molar-refractivity contribution in [1.82, 2.24) is 0 Å². The van der Waals surface area contributed by atoms with Gasteiger partial charge in [0.15, 0.2) is 0 Å². The standard InChI is InChI=1S/C29H32O5S/c1-28(2,3)33-26(30)25(27(31)34-29(4,5)6)32-22-17-15-20(16-18-22)21-11-10-14-24(19-21)35-23-12-8-7-9-13-23/h7-19,25H,1-6H3. The predicted molar refractivity (Wildman–Crippen MR) is 139 cm³/mol. The first kappa shape index (κ1) is 26.4. The Morgan fingerprint density at radius 3 is 1.74 bits per heavy atom. The fourth-order valence-corrected chi connectivity index (χ4v) is 4.03. The van der Waals surface area contributed by atoms with Gasteiger partial charge in [-0.3, -0.25) is 0 Å². The Labute approximate surface area is 211 Å². The topological polar surface area (TPSA) is 61.8 Å². The molecule has 0 spiro atoms. The Hall–Kier alpha value is -3.25. The number of carbonyl (C=O) groups is 2. The molecule has 5 nitrogen and oxygen atoms in total. The van der Waals surface area contributed by atoms with Crippen LogP contribution in [-0.2, 0) is 19.1 Å². The van der Waals surface area contributed by atoms with E-state index < -0.39 is 29.2 Å². The molecule has 0 bridgehead atoms. The normalized spacial score (nSPS) is 11.7. The molecule has 0 radical (unpaired) electrons. The molecule has 184 valence electrons. The van der Waals surface area contributed by atoms with E-state index in [9.17, 15) is 9.59 Å². The number of hydrogen-bond donors (Lipinski definition) is 0. The van der Waals surface area contributed by atoms with Gasteiger partial charge in [0.25, 0.3) is 6.10 Å². The number of ether oxygens (including phenoxy) is 3. The van der Waals surface area contributed by atoms with Gasteiger partial charge >= 0.3 is 11.9 Å². The van der Waals surface area contributed by atoms with E-state index in [4.69, 9.17) is 14.2 Å². The summed E-state index contributed by atoms with van der Waals surface area (Å²) in [6, 6.07) is 25.7. The lowest BCUT2D eigenvalue weighted by atomic mass is 10.1. The average Bonchev–Trinajstić information content (AvgIpc) is 2.76. The Morgan fingerprint density at radius 1 is 0.657 bits per heavy atom. The highest BCUT2D eigenvalue weighted by Gasteiger charge is 2.37. The fourth-order valence-electron chi connectivity index (χ4n) is 3.13. The van der Waals surface area contributed by atoms with Crippen LogP contribution < -0.4 is 4.74 Å². The maximum absolute atomic E-state index is 12.7. The lowest BCUT2D eigenvalue weighted by Gasteiger charge is -2.26. The zero-order valence-electron chi connectivity index (χ0n) is 21.0. The van der Waals surface area contributed by atoms with E-state index in [1.807, 2.05) is 42.5 Å². The molecule has 0 aliphatic rings. The highest BCUT2D eigenvalue weighted by Crippen LogP contribution is 2.31. The number of carbonyl (C=O) groups excluding carboxylic acids is 2. The molecule has 3 aromatic rings. The van der Waals surface area contributed by atoms with Crippen LogP contribution in [0.25, 0.3) is 11.1 Å². The molecular formula is C29H32O5S. The number of esters is 2. The number of hydrogen-bond acceptors (Lipinski definition) is 6. The van der Waals surface area contributed by atoms with Gasteiger partial charge in [0.1, 0.15) is 17.0 Å². The zero-order chi connectivity index (χ0) is 25.6. The first-order valence-electron chi connectivity index (χ1n) is 11.5. The number of benzene rings is 3. The predicted octanol–water partition coefficient (Wildman–Crippen LogP) is 6.94. The molecule has 3 aromatic carbocycles. The summed E-state index contributed by atoms with van der Waals surface area (Å²) in [5.41, 5.74) is 0.494. The van der Waals surface area contributed by atoms with Gasteiger partial charge in [-0.05, 0) is 89.1 Å². The van der Waals surface area contributed by atoms with E-state index in [0.29, 0.717) is 5.75 Å². The third kappa shape index (κ3) is 8.48. The summed E-state index contributed by atoms with van der Waals surface area (Å²) in [6.07, 6.45) is -1.52. The molecule has 0 saturated carbocycles. The van der Waals surface area contributed by atoms with Crippen LogP contribution in [0, 0.1) is 0 Å². The molecule has 3 rings (SSSR count). The summed E-state index contributed by atoms with van der Waals surface area (Å²) >= 11 is 1.70. The van der Waals surface area contributed by atoms with E-state index in [-0.39, 0.29) is 0 Å². The second-order valence-electron chi connectivity index (χ2n) is 10.0. The molecule has 0 saturated heterocycles. The molecule has 0 heterocycles. The SMILES string of the molecule is CC(C)(C)OC(=O)C(Oc1ccc(-c2cccc(Sc3ccccc3)c2)cc1)C(=O)OC(C)(C)C. The Bertz CT molecular complexity index is 1110. The molecular weight excluding hydrogens is 460 g/mol. The number of rotatable bonds is 7. The summed E-state index contributed by atoms with van der Waals surface area (Å²) < 4.78 is 16.6. The quantitative estimate of drug-likeness (QED) is 0.263. The summed E-state index contributed by atoms with van der Waals surface area (Å²) in [4.78, 5) is 27.7. The van der Waals surface area contributed by atoms with Crippen molar-refractivity contribution in [1.29, 1.82) is 0 Å². The van der Waals surface area contributed by atoms with Crippen LogP contribution in [0.3, 0.4) is 0 Å². The smallest absolute Gasteiger partial charge is 0.359 e. The average molecular weight is 493 g/mol. The Morgan fingerprint density at radius 2 is 1.20 bits per heavy atom. The van der Waals surface area contributed by atoms with Gasteiger partial charge in [0.2, 0.25) is 0 Å². The molecule has 0 aliphatic heterocycles. The summed E-state index contributed by atoms with van der Waals surface area (Å²) in [5.74, 6) is -1.21. The first-order valence-corrected chi connectivity index (χ1v) is 12.3. The van der Waals surface area contributed by atoms with E-state index in [0.717, 1.165) is 16.0 Å². The molecule has 0 fully saturated rings. The monoisotopic (exact) mass is 492 g/mol. The highest BCUT2D eigenvalue weighted by molar-refractivity contribution is 7.99. The van der Waals surface area contributed by atoms with Gasteiger partial charge in [0.05, 0.1) is 0 Å². The van der Waals surface area contributed by atoms with Gasteiger partial charge < -0.3 is 14.2 Å². The van der Waals surface area contributed by atoms with Crippen molar-refractivity contribution in [3.05, 3.63) is 78.9 Å². The second kappa shape index (κ2) is 11.0. The molecule has 35 heavy (non-hydrogen) atoms. The summed E-state index contributed by atoms with van der Waals surface area (Å²) in [7, 11) is 0. The van der Waals surface area contributed by atoms with Crippen LogP contribution in [0.4, 0.5) is 0 Å². The van der Waals surface area contributed by atoms with Gasteiger partial charge in [-0.25, -0.2) is 9.59 Å². The van der Waals surface area contributed by atoms with Crippen molar-refractivity contribution in [2.24, 2.45) is 0 Å². The van der Waals surface area contributed by atoms with Crippen molar-refractivity contribution in [2.45, 2.75) is 68.6 Å². The highest BCUT2D eigenvalue weighted by atomic mass is 32.2. The van der Waals surface area contributed by atoms with Crippen LogP contribution in [0.2, 0.25) is 0 Å². The Kier molecular flexibility index (Phi) is 8.28. The van der Waals surface area contributed by atoms with E-state index in [2.05, 4.69) is 24.3 Å². The minimum absolute atomic E-state index is 0.366. The van der Waals surface area contributed by atoms with Crippen LogP contribution in [0.15, 0.2) is 88.7 Å². The molecule has 0 aromatic heterocycles. The minimum Gasteiger partial charge on any atom is -0.467 e. The van der Waals surface area contributed by atoms with Gasteiger partial charge in [-0.15, -0.1) is 0 Å². The van der Waals surface area contributed by atoms with E-state index in [1.54, 1.807) is 65.4 Å². The van der Waals surface area contributed by atoms with E-state index in [1.165, 1.54) is 4.90 Å². The molecule has 0 aliphatic carbocycles. The first-order chi connectivity index (χ1) is 16.4. The Balaban J connectivity index is 1.77. The largest absolute Gasteiger partial charge is 0.467 e. The van der Waals surface area contributed by atoms with Crippen molar-refractivity contribution in [3.8, 4) is 16.9 Å². The lowest BCUT2D eigenvalue weighted by Crippen LogP contribution is -2.44. The molecule has 0 amide bonds. The minimum atomic E-state index is -1.52. The van der Waals surface area contributed by atoms with Crippen molar-refractivity contribution >= 4 is 23.7 Å². The maximum atomic E-state index is 12.7. The molecule has 6 heteroatoms.